The first-order chi connectivity index (χ1) is 8.80. The molecule has 100 valence electrons. The molecule has 0 saturated carbocycles. The van der Waals surface area contributed by atoms with Crippen molar-refractivity contribution >= 4 is 23.5 Å². The molecule has 1 saturated heterocycles. The number of halogens is 1. The summed E-state index contributed by atoms with van der Waals surface area (Å²) in [5.74, 6) is -0.281. The average molecular weight is 261 g/mol. The van der Waals surface area contributed by atoms with E-state index in [1.165, 1.54) is 12.1 Å². The van der Waals surface area contributed by atoms with Gasteiger partial charge in [0.25, 0.3) is 0 Å². The van der Waals surface area contributed by atoms with Gasteiger partial charge >= 0.3 is 7.12 Å². The van der Waals surface area contributed by atoms with Gasteiger partial charge in [-0.3, -0.25) is 0 Å². The summed E-state index contributed by atoms with van der Waals surface area (Å²) in [6, 6.07) is 4.81. The zero-order valence-corrected chi connectivity index (χ0v) is 11.6. The second-order valence-electron chi connectivity index (χ2n) is 6.03. The highest BCUT2D eigenvalue weighted by Gasteiger charge is 2.52. The first-order valence-corrected chi connectivity index (χ1v) is 6.42. The monoisotopic (exact) mass is 261 g/mol. The van der Waals surface area contributed by atoms with Gasteiger partial charge in [-0.1, -0.05) is 0 Å². The van der Waals surface area contributed by atoms with Crippen molar-refractivity contribution < 1.29 is 13.7 Å². The Morgan fingerprint density at radius 2 is 1.74 bits per heavy atom. The Morgan fingerprint density at radius 3 is 2.37 bits per heavy atom. The van der Waals surface area contributed by atoms with Gasteiger partial charge in [-0.2, -0.15) is 0 Å². The molecule has 0 aliphatic carbocycles. The Bertz CT molecular complexity index is 619. The molecule has 2 aromatic rings. The highest BCUT2D eigenvalue weighted by molar-refractivity contribution is 6.65. The fraction of sp³-hybridized carbons (Fsp3) is 0.429. The first kappa shape index (κ1) is 12.7. The molecule has 1 aromatic carbocycles. The predicted octanol–water partition coefficient (Wildman–Crippen LogP) is 2.61. The van der Waals surface area contributed by atoms with Crippen molar-refractivity contribution in [3.8, 4) is 0 Å². The Balaban J connectivity index is 2.09. The number of nitrogens with one attached hydrogen (secondary N) is 1. The van der Waals surface area contributed by atoms with Gasteiger partial charge in [0.15, 0.2) is 0 Å². The lowest BCUT2D eigenvalue weighted by Crippen LogP contribution is -2.41. The summed E-state index contributed by atoms with van der Waals surface area (Å²) in [6.07, 6.45) is 1.79. The standard InChI is InChI=1S/C14H17BFNO2/c1-13(2)14(3,4)19-15(18-13)11-8-10(16)7-9-5-6-17-12(9)11/h5-8,17H,1-4H3. The van der Waals surface area contributed by atoms with Gasteiger partial charge in [-0.25, -0.2) is 4.39 Å². The van der Waals surface area contributed by atoms with Crippen LogP contribution < -0.4 is 5.46 Å². The van der Waals surface area contributed by atoms with Gasteiger partial charge in [-0.15, -0.1) is 0 Å². The molecule has 0 atom stereocenters. The third-order valence-corrected chi connectivity index (χ3v) is 4.16. The van der Waals surface area contributed by atoms with Crippen molar-refractivity contribution in [2.24, 2.45) is 0 Å². The lowest BCUT2D eigenvalue weighted by atomic mass is 9.78. The molecular formula is C14H17BFNO2. The van der Waals surface area contributed by atoms with Gasteiger partial charge < -0.3 is 14.3 Å². The molecule has 19 heavy (non-hydrogen) atoms. The molecule has 0 amide bonds. The van der Waals surface area contributed by atoms with Crippen LogP contribution in [0.3, 0.4) is 0 Å². The molecule has 5 heteroatoms. The Hall–Kier alpha value is -1.33. The molecule has 1 aromatic heterocycles. The van der Waals surface area contributed by atoms with Crippen molar-refractivity contribution in [3.63, 3.8) is 0 Å². The van der Waals surface area contributed by atoms with Crippen LogP contribution in [0, 0.1) is 5.82 Å². The molecule has 0 bridgehead atoms. The smallest absolute Gasteiger partial charge is 0.399 e. The maximum atomic E-state index is 13.7. The van der Waals surface area contributed by atoms with Crippen LogP contribution in [-0.2, 0) is 9.31 Å². The van der Waals surface area contributed by atoms with Crippen LogP contribution in [0.15, 0.2) is 24.4 Å². The van der Waals surface area contributed by atoms with E-state index >= 15 is 0 Å². The Labute approximate surface area is 112 Å². The Morgan fingerprint density at radius 1 is 1.11 bits per heavy atom. The number of benzene rings is 1. The second-order valence-corrected chi connectivity index (χ2v) is 6.03. The first-order valence-electron chi connectivity index (χ1n) is 6.42. The molecule has 3 rings (SSSR count). The number of fused-ring (bicyclic) bond motifs is 1. The Kier molecular flexibility index (Phi) is 2.56. The van der Waals surface area contributed by atoms with E-state index in [1.54, 1.807) is 6.20 Å². The molecule has 1 aliphatic rings. The van der Waals surface area contributed by atoms with E-state index in [-0.39, 0.29) is 5.82 Å². The molecule has 2 heterocycles. The van der Waals surface area contributed by atoms with E-state index in [4.69, 9.17) is 9.31 Å². The zero-order chi connectivity index (χ0) is 13.8. The summed E-state index contributed by atoms with van der Waals surface area (Å²) in [5, 5.41) is 0.824. The number of hydrogen-bond acceptors (Lipinski definition) is 2. The summed E-state index contributed by atoms with van der Waals surface area (Å²) in [7, 11) is -0.554. The summed E-state index contributed by atoms with van der Waals surface area (Å²) in [5.41, 5.74) is 0.713. The molecular weight excluding hydrogens is 244 g/mol. The van der Waals surface area contributed by atoms with Gasteiger partial charge in [-0.05, 0) is 45.9 Å². The van der Waals surface area contributed by atoms with Gasteiger partial charge in [0.05, 0.1) is 11.2 Å². The fourth-order valence-corrected chi connectivity index (χ4v) is 2.32. The van der Waals surface area contributed by atoms with E-state index in [1.807, 2.05) is 33.8 Å². The lowest BCUT2D eigenvalue weighted by molar-refractivity contribution is 0.00578. The average Bonchev–Trinajstić information content (AvgIpc) is 2.80. The molecule has 1 aliphatic heterocycles. The molecule has 3 nitrogen and oxygen atoms in total. The van der Waals surface area contributed by atoms with E-state index in [9.17, 15) is 4.39 Å². The molecule has 0 unspecified atom stereocenters. The summed E-state index contributed by atoms with van der Waals surface area (Å²) < 4.78 is 25.6. The SMILES string of the molecule is CC1(C)OB(c2cc(F)cc3cc[nH]c23)OC1(C)C. The van der Waals surface area contributed by atoms with E-state index < -0.39 is 18.3 Å². The van der Waals surface area contributed by atoms with Crippen molar-refractivity contribution in [1.29, 1.82) is 0 Å². The van der Waals surface area contributed by atoms with Crippen LogP contribution >= 0.6 is 0 Å². The quantitative estimate of drug-likeness (QED) is 0.800. The maximum Gasteiger partial charge on any atom is 0.497 e. The zero-order valence-electron chi connectivity index (χ0n) is 11.6. The van der Waals surface area contributed by atoms with Crippen molar-refractivity contribution in [2.75, 3.05) is 0 Å². The minimum Gasteiger partial charge on any atom is -0.399 e. The highest BCUT2D eigenvalue weighted by Crippen LogP contribution is 2.37. The lowest BCUT2D eigenvalue weighted by Gasteiger charge is -2.32. The number of aromatic amines is 1. The normalized spacial score (nSPS) is 21.2. The van der Waals surface area contributed by atoms with Crippen LogP contribution in [0.5, 0.6) is 0 Å². The van der Waals surface area contributed by atoms with Crippen LogP contribution in [0.4, 0.5) is 4.39 Å². The minimum atomic E-state index is -0.554. The summed E-state index contributed by atoms with van der Waals surface area (Å²) >= 11 is 0. The van der Waals surface area contributed by atoms with Gasteiger partial charge in [0.1, 0.15) is 5.82 Å². The largest absolute Gasteiger partial charge is 0.497 e. The summed E-state index contributed by atoms with van der Waals surface area (Å²) in [4.78, 5) is 3.12. The third kappa shape index (κ3) is 1.88. The van der Waals surface area contributed by atoms with E-state index in [0.717, 1.165) is 10.9 Å². The van der Waals surface area contributed by atoms with E-state index in [2.05, 4.69) is 4.98 Å². The van der Waals surface area contributed by atoms with Gasteiger partial charge in [0.2, 0.25) is 0 Å². The fourth-order valence-electron chi connectivity index (χ4n) is 2.32. The molecule has 0 radical (unpaired) electrons. The number of rotatable bonds is 1. The van der Waals surface area contributed by atoms with E-state index in [0.29, 0.717) is 5.46 Å². The van der Waals surface area contributed by atoms with Crippen molar-refractivity contribution in [1.82, 2.24) is 4.98 Å². The number of hydrogen-bond donors (Lipinski definition) is 1. The second kappa shape index (κ2) is 3.84. The third-order valence-electron chi connectivity index (χ3n) is 4.16. The van der Waals surface area contributed by atoms with Gasteiger partial charge in [0, 0.05) is 22.6 Å². The number of aromatic nitrogens is 1. The van der Waals surface area contributed by atoms with Crippen LogP contribution in [0.25, 0.3) is 10.9 Å². The van der Waals surface area contributed by atoms with Crippen molar-refractivity contribution in [2.45, 2.75) is 38.9 Å². The predicted molar refractivity (Wildman–Crippen MR) is 74.0 cm³/mol. The topological polar surface area (TPSA) is 34.2 Å². The summed E-state index contributed by atoms with van der Waals surface area (Å²) in [6.45, 7) is 7.94. The van der Waals surface area contributed by atoms with Crippen LogP contribution in [0.1, 0.15) is 27.7 Å². The van der Waals surface area contributed by atoms with Crippen molar-refractivity contribution in [3.05, 3.63) is 30.2 Å². The molecule has 0 spiro atoms. The maximum absolute atomic E-state index is 13.7. The minimum absolute atomic E-state index is 0.281. The van der Waals surface area contributed by atoms with Crippen LogP contribution in [-0.4, -0.2) is 23.3 Å². The highest BCUT2D eigenvalue weighted by atomic mass is 19.1. The van der Waals surface area contributed by atoms with Crippen LogP contribution in [0.2, 0.25) is 0 Å². The molecule has 1 fully saturated rings. The number of H-pyrrole nitrogens is 1. The molecule has 1 N–H and O–H groups in total.